The van der Waals surface area contributed by atoms with Gasteiger partial charge in [-0.25, -0.2) is 0 Å². The molecule has 0 radical (unpaired) electrons. The Morgan fingerprint density at radius 3 is 2.30 bits per heavy atom. The van der Waals surface area contributed by atoms with Crippen molar-refractivity contribution in [2.24, 2.45) is 0 Å². The first-order valence-corrected chi connectivity index (χ1v) is 7.73. The highest BCUT2D eigenvalue weighted by atomic mass is 79.9. The molecule has 100 valence electrons. The molecular formula is C19H17Br. The molecule has 0 unspecified atom stereocenters. The fraction of sp³-hybridized carbons (Fsp3) is 0.158. The largest absolute Gasteiger partial charge is 0.0616 e. The zero-order valence-corrected chi connectivity index (χ0v) is 13.3. The van der Waals surface area contributed by atoms with Crippen LogP contribution >= 0.6 is 15.9 Å². The van der Waals surface area contributed by atoms with Crippen LogP contribution in [0.5, 0.6) is 0 Å². The predicted molar refractivity (Wildman–Crippen MR) is 91.2 cm³/mol. The molecule has 0 spiro atoms. The third-order valence-electron chi connectivity index (χ3n) is 3.74. The second-order valence-corrected chi connectivity index (χ2v) is 6.28. The van der Waals surface area contributed by atoms with Crippen LogP contribution in [-0.4, -0.2) is 0 Å². The van der Waals surface area contributed by atoms with Gasteiger partial charge in [0.05, 0.1) is 0 Å². The van der Waals surface area contributed by atoms with Gasteiger partial charge in [-0.15, -0.1) is 0 Å². The molecule has 1 heteroatoms. The maximum absolute atomic E-state index is 3.74. The summed E-state index contributed by atoms with van der Waals surface area (Å²) in [5.74, 6) is 0.549. The van der Waals surface area contributed by atoms with E-state index in [-0.39, 0.29) is 0 Å². The average Bonchev–Trinajstić information content (AvgIpc) is 2.46. The minimum atomic E-state index is 0.549. The van der Waals surface area contributed by atoms with E-state index in [2.05, 4.69) is 90.4 Å². The van der Waals surface area contributed by atoms with E-state index in [4.69, 9.17) is 0 Å². The Balaban J connectivity index is 2.21. The smallest absolute Gasteiger partial charge is 0.0256 e. The van der Waals surface area contributed by atoms with Crippen LogP contribution < -0.4 is 0 Å². The van der Waals surface area contributed by atoms with E-state index >= 15 is 0 Å². The number of hydrogen-bond donors (Lipinski definition) is 0. The number of hydrogen-bond acceptors (Lipinski definition) is 0. The standard InChI is InChI=1S/C19H17Br/c1-13(2)15-10-11-18(19(20)12-15)17-9-5-7-14-6-3-4-8-16(14)17/h3-13H,1-2H3. The SMILES string of the molecule is CC(C)c1ccc(-c2cccc3ccccc23)c(Br)c1. The van der Waals surface area contributed by atoms with Crippen molar-refractivity contribution in [3.05, 3.63) is 70.7 Å². The van der Waals surface area contributed by atoms with Crippen LogP contribution in [0.25, 0.3) is 21.9 Å². The van der Waals surface area contributed by atoms with Crippen molar-refractivity contribution in [3.8, 4) is 11.1 Å². The lowest BCUT2D eigenvalue weighted by Crippen LogP contribution is -1.89. The number of fused-ring (bicyclic) bond motifs is 1. The molecule has 0 aliphatic heterocycles. The van der Waals surface area contributed by atoms with Gasteiger partial charge in [0.1, 0.15) is 0 Å². The lowest BCUT2D eigenvalue weighted by molar-refractivity contribution is 0.866. The number of benzene rings is 3. The Kier molecular flexibility index (Phi) is 3.62. The van der Waals surface area contributed by atoms with Gasteiger partial charge in [-0.3, -0.25) is 0 Å². The van der Waals surface area contributed by atoms with Crippen molar-refractivity contribution in [3.63, 3.8) is 0 Å². The molecule has 0 aromatic heterocycles. The third-order valence-corrected chi connectivity index (χ3v) is 4.40. The summed E-state index contributed by atoms with van der Waals surface area (Å²) in [4.78, 5) is 0. The first kappa shape index (κ1) is 13.4. The maximum Gasteiger partial charge on any atom is 0.0256 e. The summed E-state index contributed by atoms with van der Waals surface area (Å²) in [6.45, 7) is 4.44. The lowest BCUT2D eigenvalue weighted by Gasteiger charge is -2.12. The van der Waals surface area contributed by atoms with Gasteiger partial charge in [-0.2, -0.15) is 0 Å². The van der Waals surface area contributed by atoms with Crippen LogP contribution in [0.2, 0.25) is 0 Å². The van der Waals surface area contributed by atoms with Crippen molar-refractivity contribution in [1.82, 2.24) is 0 Å². The molecule has 0 saturated carbocycles. The lowest BCUT2D eigenvalue weighted by atomic mass is 9.95. The summed E-state index contributed by atoms with van der Waals surface area (Å²) < 4.78 is 1.17. The summed E-state index contributed by atoms with van der Waals surface area (Å²) in [6.07, 6.45) is 0. The second kappa shape index (κ2) is 5.41. The van der Waals surface area contributed by atoms with E-state index in [0.29, 0.717) is 5.92 Å². The summed E-state index contributed by atoms with van der Waals surface area (Å²) in [6, 6.07) is 21.7. The van der Waals surface area contributed by atoms with E-state index in [1.54, 1.807) is 0 Å². The third kappa shape index (κ3) is 2.38. The summed E-state index contributed by atoms with van der Waals surface area (Å²) in [5, 5.41) is 2.58. The summed E-state index contributed by atoms with van der Waals surface area (Å²) in [5.41, 5.74) is 3.90. The van der Waals surface area contributed by atoms with Gasteiger partial charge < -0.3 is 0 Å². The van der Waals surface area contributed by atoms with Crippen LogP contribution in [0, 0.1) is 0 Å². The molecule has 3 aromatic rings. The van der Waals surface area contributed by atoms with E-state index in [0.717, 1.165) is 0 Å². The minimum absolute atomic E-state index is 0.549. The van der Waals surface area contributed by atoms with Gasteiger partial charge in [-0.05, 0) is 39.4 Å². The Labute approximate surface area is 128 Å². The van der Waals surface area contributed by atoms with Gasteiger partial charge >= 0.3 is 0 Å². The molecule has 0 fully saturated rings. The van der Waals surface area contributed by atoms with E-state index in [1.807, 2.05) is 0 Å². The summed E-state index contributed by atoms with van der Waals surface area (Å²) in [7, 11) is 0. The van der Waals surface area contributed by atoms with Crippen LogP contribution in [-0.2, 0) is 0 Å². The van der Waals surface area contributed by atoms with Gasteiger partial charge in [0.15, 0.2) is 0 Å². The molecule has 0 N–H and O–H groups in total. The molecule has 0 atom stereocenters. The number of halogens is 1. The molecule has 0 nitrogen and oxygen atoms in total. The fourth-order valence-corrected chi connectivity index (χ4v) is 3.18. The van der Waals surface area contributed by atoms with Crippen molar-refractivity contribution in [2.45, 2.75) is 19.8 Å². The van der Waals surface area contributed by atoms with Gasteiger partial charge in [0.2, 0.25) is 0 Å². The van der Waals surface area contributed by atoms with Crippen LogP contribution in [0.3, 0.4) is 0 Å². The first-order chi connectivity index (χ1) is 9.66. The van der Waals surface area contributed by atoms with Gasteiger partial charge in [0.25, 0.3) is 0 Å². The van der Waals surface area contributed by atoms with Crippen molar-refractivity contribution < 1.29 is 0 Å². The quantitative estimate of drug-likeness (QED) is 0.512. The normalized spacial score (nSPS) is 11.2. The highest BCUT2D eigenvalue weighted by molar-refractivity contribution is 9.10. The van der Waals surface area contributed by atoms with E-state index < -0.39 is 0 Å². The van der Waals surface area contributed by atoms with Crippen LogP contribution in [0.1, 0.15) is 25.3 Å². The van der Waals surface area contributed by atoms with Crippen LogP contribution in [0.4, 0.5) is 0 Å². The first-order valence-electron chi connectivity index (χ1n) is 6.94. The highest BCUT2D eigenvalue weighted by Gasteiger charge is 2.09. The Morgan fingerprint density at radius 2 is 1.55 bits per heavy atom. The molecule has 0 saturated heterocycles. The topological polar surface area (TPSA) is 0 Å². The Bertz CT molecular complexity index is 751. The average molecular weight is 325 g/mol. The minimum Gasteiger partial charge on any atom is -0.0616 e. The maximum atomic E-state index is 3.74. The molecule has 20 heavy (non-hydrogen) atoms. The second-order valence-electron chi connectivity index (χ2n) is 5.42. The Hall–Kier alpha value is -1.60. The monoisotopic (exact) mass is 324 g/mol. The van der Waals surface area contributed by atoms with Gasteiger partial charge in [-0.1, -0.05) is 84.4 Å². The zero-order valence-electron chi connectivity index (χ0n) is 11.7. The fourth-order valence-electron chi connectivity index (χ4n) is 2.57. The summed E-state index contributed by atoms with van der Waals surface area (Å²) >= 11 is 3.74. The van der Waals surface area contributed by atoms with Gasteiger partial charge in [0, 0.05) is 4.47 Å². The number of rotatable bonds is 2. The zero-order chi connectivity index (χ0) is 14.1. The molecular weight excluding hydrogens is 308 g/mol. The van der Waals surface area contributed by atoms with Crippen molar-refractivity contribution in [1.29, 1.82) is 0 Å². The van der Waals surface area contributed by atoms with Crippen molar-refractivity contribution in [2.75, 3.05) is 0 Å². The molecule has 0 amide bonds. The molecule has 0 bridgehead atoms. The predicted octanol–water partition coefficient (Wildman–Crippen LogP) is 6.39. The molecule has 3 aromatic carbocycles. The van der Waals surface area contributed by atoms with Crippen molar-refractivity contribution >= 4 is 26.7 Å². The van der Waals surface area contributed by atoms with Crippen LogP contribution in [0.15, 0.2) is 65.1 Å². The molecule has 0 aliphatic rings. The molecule has 0 aliphatic carbocycles. The highest BCUT2D eigenvalue weighted by Crippen LogP contribution is 2.35. The van der Waals surface area contributed by atoms with E-state index in [1.165, 1.54) is 31.9 Å². The Morgan fingerprint density at radius 1 is 0.800 bits per heavy atom. The molecule has 3 rings (SSSR count). The van der Waals surface area contributed by atoms with E-state index in [9.17, 15) is 0 Å². The molecule has 0 heterocycles.